The summed E-state index contributed by atoms with van der Waals surface area (Å²) in [6.07, 6.45) is -0.497. The number of aliphatic imine (C=N–C) groups is 1. The number of carbonyl (C=O) groups excluding carboxylic acids is 1. The van der Waals surface area contributed by atoms with Crippen molar-refractivity contribution < 1.29 is 9.53 Å². The number of anilines is 2. The molecule has 0 heterocycles. The maximum absolute atomic E-state index is 11.1. The van der Waals surface area contributed by atoms with Crippen LogP contribution in [-0.2, 0) is 11.3 Å². The molecule has 0 aliphatic rings. The fourth-order valence-corrected chi connectivity index (χ4v) is 2.20. The van der Waals surface area contributed by atoms with Gasteiger partial charge in [0.05, 0.1) is 13.7 Å². The molecule has 0 unspecified atom stereocenters. The van der Waals surface area contributed by atoms with Gasteiger partial charge in [-0.2, -0.15) is 0 Å². The van der Waals surface area contributed by atoms with E-state index in [4.69, 9.17) is 5.73 Å². The van der Waals surface area contributed by atoms with Gasteiger partial charge in [0, 0.05) is 11.4 Å². The number of nitrogens with zero attached hydrogens (tertiary/aromatic N) is 1. The molecule has 0 atom stereocenters. The Hall–Kier alpha value is -3.02. The minimum atomic E-state index is -0.497. The standard InChI is InChI=1S/C19H24N4O2/c1-13(2)15-5-4-6-17(11-15)22-18(20)21-12-14-7-9-16(10-8-14)23-19(24)25-3/h4-11,13H,12H2,1-3H3,(H,23,24)(H3,20,21,22). The normalized spacial score (nSPS) is 11.3. The lowest BCUT2D eigenvalue weighted by Gasteiger charge is -2.10. The third-order valence-electron chi connectivity index (χ3n) is 3.64. The molecule has 2 rings (SSSR count). The highest BCUT2D eigenvalue weighted by atomic mass is 16.5. The summed E-state index contributed by atoms with van der Waals surface area (Å²) in [5, 5.41) is 5.70. The zero-order chi connectivity index (χ0) is 18.2. The maximum atomic E-state index is 11.1. The Morgan fingerprint density at radius 3 is 2.48 bits per heavy atom. The molecule has 25 heavy (non-hydrogen) atoms. The molecule has 0 fully saturated rings. The van der Waals surface area contributed by atoms with E-state index in [1.807, 2.05) is 24.3 Å². The van der Waals surface area contributed by atoms with Crippen LogP contribution in [0.15, 0.2) is 53.5 Å². The third kappa shape index (κ3) is 5.84. The number of ether oxygens (including phenoxy) is 1. The van der Waals surface area contributed by atoms with Crippen LogP contribution in [0.3, 0.4) is 0 Å². The molecule has 6 heteroatoms. The first-order valence-corrected chi connectivity index (χ1v) is 8.08. The van der Waals surface area contributed by atoms with E-state index in [2.05, 4.69) is 46.3 Å². The van der Waals surface area contributed by atoms with E-state index in [0.29, 0.717) is 24.1 Å². The topological polar surface area (TPSA) is 88.7 Å². The van der Waals surface area contributed by atoms with E-state index < -0.39 is 6.09 Å². The second-order valence-electron chi connectivity index (χ2n) is 5.92. The highest BCUT2D eigenvalue weighted by Gasteiger charge is 2.02. The Labute approximate surface area is 148 Å². The molecule has 0 aliphatic carbocycles. The Morgan fingerprint density at radius 1 is 1.12 bits per heavy atom. The van der Waals surface area contributed by atoms with Crippen LogP contribution < -0.4 is 16.4 Å². The zero-order valence-electron chi connectivity index (χ0n) is 14.7. The Kier molecular flexibility index (Phi) is 6.39. The molecule has 132 valence electrons. The molecule has 2 aromatic carbocycles. The van der Waals surface area contributed by atoms with Crippen LogP contribution in [0.25, 0.3) is 0 Å². The van der Waals surface area contributed by atoms with Gasteiger partial charge in [-0.25, -0.2) is 9.79 Å². The van der Waals surface area contributed by atoms with E-state index in [1.54, 1.807) is 12.1 Å². The number of hydrogen-bond donors (Lipinski definition) is 3. The quantitative estimate of drug-likeness (QED) is 0.568. The van der Waals surface area contributed by atoms with Crippen LogP contribution in [0.1, 0.15) is 30.9 Å². The Bertz CT molecular complexity index is 739. The zero-order valence-corrected chi connectivity index (χ0v) is 14.7. The van der Waals surface area contributed by atoms with Crippen molar-refractivity contribution in [3.05, 3.63) is 59.7 Å². The van der Waals surface area contributed by atoms with Gasteiger partial charge in [0.25, 0.3) is 0 Å². The average molecular weight is 340 g/mol. The van der Waals surface area contributed by atoms with Gasteiger partial charge < -0.3 is 15.8 Å². The fourth-order valence-electron chi connectivity index (χ4n) is 2.20. The van der Waals surface area contributed by atoms with E-state index in [1.165, 1.54) is 12.7 Å². The molecule has 0 saturated carbocycles. The minimum absolute atomic E-state index is 0.359. The summed E-state index contributed by atoms with van der Waals surface area (Å²) in [5.74, 6) is 0.815. The molecule has 0 saturated heterocycles. The lowest BCUT2D eigenvalue weighted by molar-refractivity contribution is 0.187. The smallest absolute Gasteiger partial charge is 0.411 e. The number of nitrogens with two attached hydrogens (primary N) is 1. The van der Waals surface area contributed by atoms with Gasteiger partial charge in [-0.1, -0.05) is 38.1 Å². The number of guanidine groups is 1. The van der Waals surface area contributed by atoms with Gasteiger partial charge in [-0.15, -0.1) is 0 Å². The van der Waals surface area contributed by atoms with Crippen molar-refractivity contribution >= 4 is 23.4 Å². The second kappa shape index (κ2) is 8.73. The van der Waals surface area contributed by atoms with Crippen LogP contribution in [0.5, 0.6) is 0 Å². The summed E-state index contributed by atoms with van der Waals surface area (Å²) >= 11 is 0. The monoisotopic (exact) mass is 340 g/mol. The van der Waals surface area contributed by atoms with Crippen LogP contribution in [-0.4, -0.2) is 19.2 Å². The maximum Gasteiger partial charge on any atom is 0.411 e. The average Bonchev–Trinajstić information content (AvgIpc) is 2.61. The second-order valence-corrected chi connectivity index (χ2v) is 5.92. The van der Waals surface area contributed by atoms with Crippen molar-refractivity contribution in [1.29, 1.82) is 0 Å². The van der Waals surface area contributed by atoms with E-state index in [0.717, 1.165) is 11.3 Å². The van der Waals surface area contributed by atoms with Gasteiger partial charge in [0.2, 0.25) is 0 Å². The number of methoxy groups -OCH3 is 1. The summed E-state index contributed by atoms with van der Waals surface area (Å²) in [6.45, 7) is 4.74. The van der Waals surface area contributed by atoms with Crippen LogP contribution >= 0.6 is 0 Å². The summed E-state index contributed by atoms with van der Waals surface area (Å²) in [4.78, 5) is 15.5. The molecular weight excluding hydrogens is 316 g/mol. The molecular formula is C19H24N4O2. The number of amides is 1. The van der Waals surface area contributed by atoms with Crippen molar-refractivity contribution in [2.75, 3.05) is 17.7 Å². The van der Waals surface area contributed by atoms with Crippen molar-refractivity contribution in [2.45, 2.75) is 26.3 Å². The predicted octanol–water partition coefficient (Wildman–Crippen LogP) is 3.92. The van der Waals surface area contributed by atoms with E-state index in [9.17, 15) is 4.79 Å². The summed E-state index contributed by atoms with van der Waals surface area (Å²) < 4.78 is 4.55. The minimum Gasteiger partial charge on any atom is -0.453 e. The van der Waals surface area contributed by atoms with E-state index >= 15 is 0 Å². The van der Waals surface area contributed by atoms with Crippen molar-refractivity contribution in [1.82, 2.24) is 0 Å². The SMILES string of the molecule is COC(=O)Nc1ccc(CN=C(N)Nc2cccc(C(C)C)c2)cc1. The molecule has 0 radical (unpaired) electrons. The Morgan fingerprint density at radius 2 is 1.84 bits per heavy atom. The van der Waals surface area contributed by atoms with Crippen molar-refractivity contribution in [3.8, 4) is 0 Å². The summed E-state index contributed by atoms with van der Waals surface area (Å²) in [7, 11) is 1.32. The lowest BCUT2D eigenvalue weighted by Crippen LogP contribution is -2.22. The van der Waals surface area contributed by atoms with Gasteiger partial charge in [-0.05, 0) is 41.3 Å². The van der Waals surface area contributed by atoms with Gasteiger partial charge in [0.1, 0.15) is 0 Å². The van der Waals surface area contributed by atoms with E-state index in [-0.39, 0.29) is 0 Å². The molecule has 4 N–H and O–H groups in total. The van der Waals surface area contributed by atoms with Crippen LogP contribution in [0.2, 0.25) is 0 Å². The molecule has 0 spiro atoms. The molecule has 0 aliphatic heterocycles. The summed E-state index contributed by atoms with van der Waals surface area (Å²) in [6, 6.07) is 15.4. The lowest BCUT2D eigenvalue weighted by atomic mass is 10.0. The first-order chi connectivity index (χ1) is 12.0. The van der Waals surface area contributed by atoms with Crippen molar-refractivity contribution in [2.24, 2.45) is 10.7 Å². The number of benzene rings is 2. The predicted molar refractivity (Wildman–Crippen MR) is 102 cm³/mol. The fraction of sp³-hybridized carbons (Fsp3) is 0.263. The van der Waals surface area contributed by atoms with Gasteiger partial charge in [0.15, 0.2) is 5.96 Å². The molecule has 1 amide bonds. The van der Waals surface area contributed by atoms with Crippen LogP contribution in [0.4, 0.5) is 16.2 Å². The summed E-state index contributed by atoms with van der Waals surface area (Å²) in [5.41, 5.74) is 9.77. The van der Waals surface area contributed by atoms with Gasteiger partial charge in [-0.3, -0.25) is 5.32 Å². The number of nitrogens with one attached hydrogen (secondary N) is 2. The molecule has 2 aromatic rings. The molecule has 0 aromatic heterocycles. The highest BCUT2D eigenvalue weighted by Crippen LogP contribution is 2.18. The first kappa shape index (κ1) is 18.3. The third-order valence-corrected chi connectivity index (χ3v) is 3.64. The number of carbonyl (C=O) groups is 1. The first-order valence-electron chi connectivity index (χ1n) is 8.08. The number of rotatable bonds is 5. The molecule has 6 nitrogen and oxygen atoms in total. The molecule has 0 bridgehead atoms. The highest BCUT2D eigenvalue weighted by molar-refractivity contribution is 5.92. The largest absolute Gasteiger partial charge is 0.453 e. The van der Waals surface area contributed by atoms with Crippen LogP contribution in [0, 0.1) is 0 Å². The number of hydrogen-bond acceptors (Lipinski definition) is 3. The Balaban J connectivity index is 1.94. The van der Waals surface area contributed by atoms with Gasteiger partial charge >= 0.3 is 6.09 Å². The van der Waals surface area contributed by atoms with Crippen molar-refractivity contribution in [3.63, 3.8) is 0 Å².